The van der Waals surface area contributed by atoms with E-state index in [1.807, 2.05) is 0 Å². The number of alkyl halides is 3. The van der Waals surface area contributed by atoms with Crippen LogP contribution in [0.15, 0.2) is 72.9 Å². The molecule has 0 amide bonds. The van der Waals surface area contributed by atoms with E-state index in [2.05, 4.69) is 10.4 Å². The summed E-state index contributed by atoms with van der Waals surface area (Å²) in [6, 6.07) is 15.6. The van der Waals surface area contributed by atoms with Crippen molar-refractivity contribution in [2.24, 2.45) is 0 Å². The number of benzene rings is 3. The van der Waals surface area contributed by atoms with Crippen molar-refractivity contribution in [3.63, 3.8) is 0 Å². The Kier molecular flexibility index (Phi) is 5.36. The quantitative estimate of drug-likeness (QED) is 0.385. The molecule has 0 aliphatic carbocycles. The highest BCUT2D eigenvalue weighted by Crippen LogP contribution is 2.40. The van der Waals surface area contributed by atoms with Crippen molar-refractivity contribution in [2.45, 2.75) is 11.8 Å². The van der Waals surface area contributed by atoms with E-state index in [0.717, 1.165) is 0 Å². The first kappa shape index (κ1) is 21.1. The van der Waals surface area contributed by atoms with E-state index in [0.29, 0.717) is 27.3 Å². The van der Waals surface area contributed by atoms with Crippen LogP contribution in [-0.2, 0) is 5.60 Å². The Bertz CT molecular complexity index is 1220. The fraction of sp³-hybridized carbons (Fsp3) is 0.136. The molecular weight excluding hydrogens is 434 g/mol. The van der Waals surface area contributed by atoms with Gasteiger partial charge in [0.1, 0.15) is 5.82 Å². The van der Waals surface area contributed by atoms with Gasteiger partial charge in [0.15, 0.2) is 0 Å². The number of hydrogen-bond acceptors (Lipinski definition) is 3. The molecule has 1 aromatic heterocycles. The fourth-order valence-electron chi connectivity index (χ4n) is 3.27. The van der Waals surface area contributed by atoms with Gasteiger partial charge in [-0.05, 0) is 60.2 Å². The van der Waals surface area contributed by atoms with Gasteiger partial charge < -0.3 is 10.4 Å². The van der Waals surface area contributed by atoms with Gasteiger partial charge >= 0.3 is 6.18 Å². The molecule has 4 nitrogen and oxygen atoms in total. The number of halogens is 5. The zero-order valence-corrected chi connectivity index (χ0v) is 16.6. The summed E-state index contributed by atoms with van der Waals surface area (Å²) in [4.78, 5) is 0. The summed E-state index contributed by atoms with van der Waals surface area (Å²) in [6.45, 7) is -0.811. The van der Waals surface area contributed by atoms with Crippen LogP contribution in [0, 0.1) is 5.82 Å². The minimum atomic E-state index is -4.95. The lowest BCUT2D eigenvalue weighted by Crippen LogP contribution is -2.47. The number of fused-ring (bicyclic) bond motifs is 1. The van der Waals surface area contributed by atoms with E-state index in [1.54, 1.807) is 18.2 Å². The standard InChI is InChI=1S/C22H16ClF4N3O/c23-16-2-1-3-18(11-16)28-13-21(31,22(25,26)27)15-4-9-20-14(10-15)12-29-30(20)19-7-5-17(24)6-8-19/h1-12,28,31H,13H2. The maximum atomic E-state index is 13.9. The van der Waals surface area contributed by atoms with Crippen LogP contribution in [0.1, 0.15) is 5.56 Å². The Morgan fingerprint density at radius 1 is 1.00 bits per heavy atom. The van der Waals surface area contributed by atoms with Crippen molar-refractivity contribution < 1.29 is 22.7 Å². The summed E-state index contributed by atoms with van der Waals surface area (Å²) in [6.07, 6.45) is -3.55. The number of hydrogen-bond donors (Lipinski definition) is 2. The summed E-state index contributed by atoms with van der Waals surface area (Å²) in [5, 5.41) is 18.2. The van der Waals surface area contributed by atoms with Crippen molar-refractivity contribution in [2.75, 3.05) is 11.9 Å². The highest BCUT2D eigenvalue weighted by Gasteiger charge is 2.55. The molecule has 4 aromatic rings. The first-order chi connectivity index (χ1) is 14.7. The van der Waals surface area contributed by atoms with Crippen LogP contribution in [0.4, 0.5) is 23.2 Å². The molecule has 1 atom stereocenters. The minimum Gasteiger partial charge on any atom is -0.381 e. The van der Waals surface area contributed by atoms with Crippen LogP contribution < -0.4 is 5.32 Å². The van der Waals surface area contributed by atoms with Crippen molar-refractivity contribution in [3.8, 4) is 5.69 Å². The predicted molar refractivity (Wildman–Crippen MR) is 111 cm³/mol. The van der Waals surface area contributed by atoms with Crippen molar-refractivity contribution in [1.82, 2.24) is 9.78 Å². The van der Waals surface area contributed by atoms with Gasteiger partial charge in [0.05, 0.1) is 23.9 Å². The van der Waals surface area contributed by atoms with Gasteiger partial charge in [-0.3, -0.25) is 0 Å². The smallest absolute Gasteiger partial charge is 0.381 e. The molecule has 3 aromatic carbocycles. The molecule has 0 aliphatic heterocycles. The molecule has 0 saturated heterocycles. The number of anilines is 1. The topological polar surface area (TPSA) is 50.1 Å². The summed E-state index contributed by atoms with van der Waals surface area (Å²) >= 11 is 5.87. The Balaban J connectivity index is 1.70. The molecule has 0 bridgehead atoms. The molecule has 9 heteroatoms. The summed E-state index contributed by atoms with van der Waals surface area (Å²) < 4.78 is 56.4. The predicted octanol–water partition coefficient (Wildman–Crippen LogP) is 5.68. The van der Waals surface area contributed by atoms with Crippen LogP contribution in [0.2, 0.25) is 5.02 Å². The second-order valence-electron chi connectivity index (χ2n) is 7.03. The molecule has 0 spiro atoms. The molecule has 0 saturated carbocycles. The third-order valence-corrected chi connectivity index (χ3v) is 5.19. The van der Waals surface area contributed by atoms with Crippen LogP contribution in [-0.4, -0.2) is 27.6 Å². The molecule has 2 N–H and O–H groups in total. The number of rotatable bonds is 5. The highest BCUT2D eigenvalue weighted by molar-refractivity contribution is 6.30. The Morgan fingerprint density at radius 2 is 1.74 bits per heavy atom. The van der Waals surface area contributed by atoms with E-state index in [9.17, 15) is 22.7 Å². The summed E-state index contributed by atoms with van der Waals surface area (Å²) in [5.74, 6) is -0.412. The Morgan fingerprint density at radius 3 is 2.42 bits per heavy atom. The molecule has 31 heavy (non-hydrogen) atoms. The van der Waals surface area contributed by atoms with Gasteiger partial charge in [-0.1, -0.05) is 23.7 Å². The maximum absolute atomic E-state index is 13.9. The second-order valence-corrected chi connectivity index (χ2v) is 7.46. The number of nitrogens with zero attached hydrogens (tertiary/aromatic N) is 2. The van der Waals surface area contributed by atoms with Crippen molar-refractivity contribution >= 4 is 28.2 Å². The Labute approximate surface area is 179 Å². The van der Waals surface area contributed by atoms with Crippen LogP contribution in [0.5, 0.6) is 0 Å². The van der Waals surface area contributed by atoms with Gasteiger partial charge in [0.2, 0.25) is 5.60 Å². The summed E-state index contributed by atoms with van der Waals surface area (Å²) in [5.41, 5.74) is -2.07. The molecular formula is C22H16ClF4N3O. The monoisotopic (exact) mass is 449 g/mol. The molecule has 0 radical (unpaired) electrons. The van der Waals surface area contributed by atoms with E-state index < -0.39 is 24.1 Å². The van der Waals surface area contributed by atoms with E-state index >= 15 is 0 Å². The number of aromatic nitrogens is 2. The Hall–Kier alpha value is -3.10. The second kappa shape index (κ2) is 7.86. The molecule has 0 fully saturated rings. The third-order valence-electron chi connectivity index (χ3n) is 4.96. The van der Waals surface area contributed by atoms with E-state index in [4.69, 9.17) is 11.6 Å². The van der Waals surface area contributed by atoms with Crippen LogP contribution >= 0.6 is 11.6 Å². The number of nitrogens with one attached hydrogen (secondary N) is 1. The SMILES string of the molecule is OC(CNc1cccc(Cl)c1)(c1ccc2c(cnn2-c2ccc(F)cc2)c1)C(F)(F)F. The maximum Gasteiger partial charge on any atom is 0.423 e. The molecule has 1 unspecified atom stereocenters. The van der Waals surface area contributed by atoms with Gasteiger partial charge in [-0.25, -0.2) is 9.07 Å². The lowest BCUT2D eigenvalue weighted by Gasteiger charge is -2.31. The van der Waals surface area contributed by atoms with E-state index in [1.165, 1.54) is 59.4 Å². The van der Waals surface area contributed by atoms with Gasteiger partial charge in [-0.15, -0.1) is 0 Å². The first-order valence-electron chi connectivity index (χ1n) is 9.20. The average molecular weight is 450 g/mol. The van der Waals surface area contributed by atoms with Crippen molar-refractivity contribution in [3.05, 3.63) is 89.3 Å². The summed E-state index contributed by atoms with van der Waals surface area (Å²) in [7, 11) is 0. The highest BCUT2D eigenvalue weighted by atomic mass is 35.5. The molecule has 160 valence electrons. The minimum absolute atomic E-state index is 0.333. The zero-order valence-electron chi connectivity index (χ0n) is 15.9. The molecule has 0 aliphatic rings. The van der Waals surface area contributed by atoms with Gasteiger partial charge in [0.25, 0.3) is 0 Å². The van der Waals surface area contributed by atoms with Crippen molar-refractivity contribution in [1.29, 1.82) is 0 Å². The lowest BCUT2D eigenvalue weighted by molar-refractivity contribution is -0.260. The first-order valence-corrected chi connectivity index (χ1v) is 9.58. The molecule has 1 heterocycles. The molecule has 4 rings (SSSR count). The fourth-order valence-corrected chi connectivity index (χ4v) is 3.46. The lowest BCUT2D eigenvalue weighted by atomic mass is 9.92. The van der Waals surface area contributed by atoms with Gasteiger partial charge in [0, 0.05) is 16.1 Å². The third kappa shape index (κ3) is 4.08. The van der Waals surface area contributed by atoms with E-state index in [-0.39, 0.29) is 5.56 Å². The van der Waals surface area contributed by atoms with Crippen LogP contribution in [0.25, 0.3) is 16.6 Å². The largest absolute Gasteiger partial charge is 0.423 e. The normalized spacial score (nSPS) is 13.9. The number of aliphatic hydroxyl groups is 1. The average Bonchev–Trinajstić information content (AvgIpc) is 3.15. The van der Waals surface area contributed by atoms with Gasteiger partial charge in [-0.2, -0.15) is 18.3 Å². The van der Waals surface area contributed by atoms with Crippen LogP contribution in [0.3, 0.4) is 0 Å². The zero-order chi connectivity index (χ0) is 22.2.